The number of nitrogens with one attached hydrogen (secondary N) is 1. The molecule has 5 heteroatoms. The van der Waals surface area contributed by atoms with Crippen molar-refractivity contribution in [3.8, 4) is 0 Å². The Morgan fingerprint density at radius 3 is 2.55 bits per heavy atom. The molecule has 0 spiro atoms. The largest absolute Gasteiger partial charge is 0.480 e. The van der Waals surface area contributed by atoms with Crippen LogP contribution in [0, 0.1) is 11.8 Å². The maximum Gasteiger partial charge on any atom is 0.326 e. The Labute approximate surface area is 120 Å². The molecule has 2 N–H and O–H groups in total. The zero-order chi connectivity index (χ0) is 14.7. The molecule has 0 aromatic carbocycles. The van der Waals surface area contributed by atoms with E-state index in [0.717, 1.165) is 32.1 Å². The first-order chi connectivity index (χ1) is 9.51. The first kappa shape index (κ1) is 15.1. The summed E-state index contributed by atoms with van der Waals surface area (Å²) in [5, 5.41) is 12.4. The third kappa shape index (κ3) is 3.44. The number of piperidine rings is 1. The molecule has 2 amide bonds. The third-order valence-electron chi connectivity index (χ3n) is 4.86. The van der Waals surface area contributed by atoms with Crippen molar-refractivity contribution in [3.05, 3.63) is 0 Å². The molecule has 4 atom stereocenters. The van der Waals surface area contributed by atoms with Gasteiger partial charge in [-0.15, -0.1) is 0 Å². The molecule has 20 heavy (non-hydrogen) atoms. The number of carboxylic acid groups (broad SMARTS) is 1. The lowest BCUT2D eigenvalue weighted by molar-refractivity contribution is -0.144. The number of rotatable bonds is 3. The minimum Gasteiger partial charge on any atom is -0.480 e. The van der Waals surface area contributed by atoms with Gasteiger partial charge in [0.2, 0.25) is 0 Å². The van der Waals surface area contributed by atoms with E-state index in [-0.39, 0.29) is 12.1 Å². The molecular formula is C15H26N2O3. The lowest BCUT2D eigenvalue weighted by Gasteiger charge is -2.37. The molecule has 0 aromatic heterocycles. The van der Waals surface area contributed by atoms with Crippen LogP contribution in [0.2, 0.25) is 0 Å². The molecule has 0 bridgehead atoms. The molecule has 114 valence electrons. The van der Waals surface area contributed by atoms with E-state index in [0.29, 0.717) is 24.8 Å². The molecule has 1 heterocycles. The van der Waals surface area contributed by atoms with Crippen LogP contribution in [0.25, 0.3) is 0 Å². The van der Waals surface area contributed by atoms with Crippen LogP contribution in [-0.4, -0.2) is 40.6 Å². The van der Waals surface area contributed by atoms with Gasteiger partial charge in [-0.05, 0) is 43.9 Å². The second-order valence-electron chi connectivity index (χ2n) is 6.41. The van der Waals surface area contributed by atoms with Crippen molar-refractivity contribution < 1.29 is 14.7 Å². The maximum atomic E-state index is 12.3. The first-order valence-electron chi connectivity index (χ1n) is 7.81. The number of hydrogen-bond acceptors (Lipinski definition) is 2. The van der Waals surface area contributed by atoms with Gasteiger partial charge in [-0.1, -0.05) is 20.3 Å². The van der Waals surface area contributed by atoms with Crippen LogP contribution < -0.4 is 5.32 Å². The number of aliphatic carboxylic acids is 1. The minimum atomic E-state index is -0.877. The topological polar surface area (TPSA) is 69.6 Å². The van der Waals surface area contributed by atoms with Gasteiger partial charge < -0.3 is 15.3 Å². The molecular weight excluding hydrogens is 256 g/mol. The summed E-state index contributed by atoms with van der Waals surface area (Å²) in [5.74, 6) is 0.200. The van der Waals surface area contributed by atoms with Crippen molar-refractivity contribution >= 4 is 12.0 Å². The van der Waals surface area contributed by atoms with E-state index in [1.807, 2.05) is 0 Å². The van der Waals surface area contributed by atoms with Crippen molar-refractivity contribution in [1.29, 1.82) is 0 Å². The number of hydrogen-bond donors (Lipinski definition) is 2. The van der Waals surface area contributed by atoms with Gasteiger partial charge in [0.1, 0.15) is 6.04 Å². The van der Waals surface area contributed by atoms with Gasteiger partial charge in [0, 0.05) is 12.6 Å². The lowest BCUT2D eigenvalue weighted by Crippen LogP contribution is -2.54. The highest BCUT2D eigenvalue weighted by molar-refractivity contribution is 5.83. The second kappa shape index (κ2) is 6.46. The van der Waals surface area contributed by atoms with E-state index in [1.54, 1.807) is 0 Å². The van der Waals surface area contributed by atoms with Gasteiger partial charge in [-0.3, -0.25) is 0 Å². The summed E-state index contributed by atoms with van der Waals surface area (Å²) in [6.45, 7) is 4.84. The number of carbonyl (C=O) groups excluding carboxylic acids is 1. The monoisotopic (exact) mass is 282 g/mol. The predicted octanol–water partition coefficient (Wildman–Crippen LogP) is 2.46. The van der Waals surface area contributed by atoms with Crippen LogP contribution in [0.4, 0.5) is 4.79 Å². The Hall–Kier alpha value is -1.26. The standard InChI is InChI=1S/C15H26N2O3/c1-3-11-6-7-17(13(9-11)14(18)19)15(20)16-12-5-4-10(2)8-12/h10-13H,3-9H2,1-2H3,(H,16,20)(H,18,19). The van der Waals surface area contributed by atoms with Crippen LogP contribution in [0.3, 0.4) is 0 Å². The fourth-order valence-electron chi connectivity index (χ4n) is 3.48. The van der Waals surface area contributed by atoms with Crippen LogP contribution in [-0.2, 0) is 4.79 Å². The summed E-state index contributed by atoms with van der Waals surface area (Å²) in [4.78, 5) is 25.2. The van der Waals surface area contributed by atoms with Crippen molar-refractivity contribution in [2.45, 2.75) is 64.5 Å². The van der Waals surface area contributed by atoms with Gasteiger partial charge in [0.05, 0.1) is 0 Å². The summed E-state index contributed by atoms with van der Waals surface area (Å²) in [6.07, 6.45) is 5.64. The maximum absolute atomic E-state index is 12.3. The molecule has 2 rings (SSSR count). The quantitative estimate of drug-likeness (QED) is 0.835. The van der Waals surface area contributed by atoms with Crippen molar-refractivity contribution in [1.82, 2.24) is 10.2 Å². The van der Waals surface area contributed by atoms with Crippen LogP contribution in [0.15, 0.2) is 0 Å². The number of urea groups is 1. The average Bonchev–Trinajstić information content (AvgIpc) is 2.83. The van der Waals surface area contributed by atoms with Crippen LogP contribution >= 0.6 is 0 Å². The molecule has 5 nitrogen and oxygen atoms in total. The molecule has 0 aromatic rings. The first-order valence-corrected chi connectivity index (χ1v) is 7.81. The Balaban J connectivity index is 1.95. The van der Waals surface area contributed by atoms with E-state index in [1.165, 1.54) is 4.90 Å². The second-order valence-corrected chi connectivity index (χ2v) is 6.41. The summed E-state index contributed by atoms with van der Waals surface area (Å²) in [5.41, 5.74) is 0. The van der Waals surface area contributed by atoms with Gasteiger partial charge in [0.25, 0.3) is 0 Å². The van der Waals surface area contributed by atoms with Gasteiger partial charge in [0.15, 0.2) is 0 Å². The van der Waals surface area contributed by atoms with E-state index < -0.39 is 12.0 Å². The van der Waals surface area contributed by atoms with Crippen LogP contribution in [0.5, 0.6) is 0 Å². The normalized spacial score (nSPS) is 34.0. The zero-order valence-electron chi connectivity index (χ0n) is 12.5. The smallest absolute Gasteiger partial charge is 0.326 e. The predicted molar refractivity (Wildman–Crippen MR) is 76.5 cm³/mol. The third-order valence-corrected chi connectivity index (χ3v) is 4.86. The summed E-state index contributed by atoms with van der Waals surface area (Å²) >= 11 is 0. The summed E-state index contributed by atoms with van der Waals surface area (Å²) in [6, 6.07) is -0.630. The fourth-order valence-corrected chi connectivity index (χ4v) is 3.48. The molecule has 0 radical (unpaired) electrons. The zero-order valence-corrected chi connectivity index (χ0v) is 12.5. The fraction of sp³-hybridized carbons (Fsp3) is 0.867. The number of carbonyl (C=O) groups is 2. The minimum absolute atomic E-state index is 0.189. The average molecular weight is 282 g/mol. The van der Waals surface area contributed by atoms with E-state index in [4.69, 9.17) is 0 Å². The number of likely N-dealkylation sites (tertiary alicyclic amines) is 1. The van der Waals surface area contributed by atoms with Crippen LogP contribution in [0.1, 0.15) is 52.4 Å². The highest BCUT2D eigenvalue weighted by atomic mass is 16.4. The molecule has 2 aliphatic rings. The molecule has 1 aliphatic carbocycles. The van der Waals surface area contributed by atoms with Crippen molar-refractivity contribution in [2.75, 3.05) is 6.54 Å². The molecule has 1 aliphatic heterocycles. The molecule has 1 saturated heterocycles. The van der Waals surface area contributed by atoms with Gasteiger partial charge in [-0.2, -0.15) is 0 Å². The Bertz CT molecular complexity index is 372. The molecule has 4 unspecified atom stereocenters. The van der Waals surface area contributed by atoms with Crippen molar-refractivity contribution in [3.63, 3.8) is 0 Å². The van der Waals surface area contributed by atoms with Crippen molar-refractivity contribution in [2.24, 2.45) is 11.8 Å². The van der Waals surface area contributed by atoms with E-state index in [2.05, 4.69) is 19.2 Å². The van der Waals surface area contributed by atoms with E-state index in [9.17, 15) is 14.7 Å². The number of nitrogens with zero attached hydrogens (tertiary/aromatic N) is 1. The Morgan fingerprint density at radius 2 is 2.00 bits per heavy atom. The van der Waals surface area contributed by atoms with E-state index >= 15 is 0 Å². The Kier molecular flexibility index (Phi) is 4.89. The lowest BCUT2D eigenvalue weighted by atomic mass is 9.89. The summed E-state index contributed by atoms with van der Waals surface area (Å²) < 4.78 is 0. The Morgan fingerprint density at radius 1 is 1.25 bits per heavy atom. The molecule has 1 saturated carbocycles. The highest BCUT2D eigenvalue weighted by Crippen LogP contribution is 2.27. The van der Waals surface area contributed by atoms with Gasteiger partial charge in [-0.25, -0.2) is 9.59 Å². The molecule has 2 fully saturated rings. The SMILES string of the molecule is CCC1CCN(C(=O)NC2CCC(C)C2)C(C(=O)O)C1. The van der Waals surface area contributed by atoms with Gasteiger partial charge >= 0.3 is 12.0 Å². The number of carboxylic acids is 1. The summed E-state index contributed by atoms with van der Waals surface area (Å²) in [7, 11) is 0. The number of amides is 2. The highest BCUT2D eigenvalue weighted by Gasteiger charge is 2.36.